The third kappa shape index (κ3) is 5.82. The highest BCUT2D eigenvalue weighted by Crippen LogP contribution is 2.27. The van der Waals surface area contributed by atoms with E-state index >= 15 is 0 Å². The summed E-state index contributed by atoms with van der Waals surface area (Å²) in [6.07, 6.45) is 2.51. The molecule has 1 amide bonds. The van der Waals surface area contributed by atoms with Crippen LogP contribution in [0.25, 0.3) is 0 Å². The third-order valence-corrected chi connectivity index (χ3v) is 2.78. The number of carbonyl (C=O) groups excluding carboxylic acids is 1. The molecule has 1 aromatic rings. The Morgan fingerprint density at radius 1 is 1.10 bits per heavy atom. The Morgan fingerprint density at radius 3 is 2.25 bits per heavy atom. The van der Waals surface area contributed by atoms with E-state index in [1.54, 1.807) is 32.4 Å². The van der Waals surface area contributed by atoms with Crippen molar-refractivity contribution in [2.75, 3.05) is 27.4 Å². The van der Waals surface area contributed by atoms with Crippen molar-refractivity contribution in [3.8, 4) is 17.2 Å². The van der Waals surface area contributed by atoms with E-state index in [0.717, 1.165) is 12.8 Å². The minimum Gasteiger partial charge on any atom is -0.496 e. The molecule has 20 heavy (non-hydrogen) atoms. The summed E-state index contributed by atoms with van der Waals surface area (Å²) in [6, 6.07) is 5.34. The molecule has 0 unspecified atom stereocenters. The second kappa shape index (κ2) is 9.07. The molecule has 1 N–H and O–H groups in total. The number of hydrogen-bond acceptors (Lipinski definition) is 4. The number of ether oxygens (including phenoxy) is 3. The molecular formula is C15H23NO4. The molecule has 0 aliphatic carbocycles. The van der Waals surface area contributed by atoms with E-state index in [-0.39, 0.29) is 5.91 Å². The van der Waals surface area contributed by atoms with E-state index in [4.69, 9.17) is 14.2 Å². The second-order valence-electron chi connectivity index (χ2n) is 4.35. The number of benzene rings is 1. The largest absolute Gasteiger partial charge is 0.496 e. The Balaban J connectivity index is 2.36. The first-order chi connectivity index (χ1) is 9.69. The van der Waals surface area contributed by atoms with Gasteiger partial charge in [-0.2, -0.15) is 0 Å². The van der Waals surface area contributed by atoms with Crippen LogP contribution in [0.5, 0.6) is 17.2 Å². The zero-order valence-corrected chi connectivity index (χ0v) is 12.4. The Labute approximate surface area is 120 Å². The quantitative estimate of drug-likeness (QED) is 0.706. The van der Waals surface area contributed by atoms with E-state index < -0.39 is 0 Å². The monoisotopic (exact) mass is 281 g/mol. The standard InChI is InChI=1S/C15H23NO4/c1-4-5-6-15(17)16-7-8-20-14-10-12(18-2)9-13(11-14)19-3/h9-11H,4-8H2,1-3H3,(H,16,17). The molecule has 0 heterocycles. The van der Waals surface area contributed by atoms with Gasteiger partial charge in [0.1, 0.15) is 23.9 Å². The fraction of sp³-hybridized carbons (Fsp3) is 0.533. The van der Waals surface area contributed by atoms with Crippen LogP contribution in [0.2, 0.25) is 0 Å². The van der Waals surface area contributed by atoms with Gasteiger partial charge in [-0.3, -0.25) is 4.79 Å². The van der Waals surface area contributed by atoms with Crippen LogP contribution < -0.4 is 19.5 Å². The zero-order valence-electron chi connectivity index (χ0n) is 12.4. The first-order valence-electron chi connectivity index (χ1n) is 6.82. The number of rotatable bonds is 9. The highest BCUT2D eigenvalue weighted by Gasteiger charge is 2.03. The molecule has 0 atom stereocenters. The third-order valence-electron chi connectivity index (χ3n) is 2.78. The maximum atomic E-state index is 11.4. The van der Waals surface area contributed by atoms with Crippen molar-refractivity contribution in [1.29, 1.82) is 0 Å². The van der Waals surface area contributed by atoms with Crippen molar-refractivity contribution in [3.63, 3.8) is 0 Å². The van der Waals surface area contributed by atoms with Crippen LogP contribution in [0, 0.1) is 0 Å². The number of carbonyl (C=O) groups is 1. The lowest BCUT2D eigenvalue weighted by Crippen LogP contribution is -2.27. The fourth-order valence-corrected chi connectivity index (χ4v) is 1.65. The van der Waals surface area contributed by atoms with Gasteiger partial charge in [0, 0.05) is 24.6 Å². The Hall–Kier alpha value is -1.91. The molecule has 0 spiro atoms. The first-order valence-corrected chi connectivity index (χ1v) is 6.82. The Morgan fingerprint density at radius 2 is 1.70 bits per heavy atom. The molecule has 0 radical (unpaired) electrons. The lowest BCUT2D eigenvalue weighted by molar-refractivity contribution is -0.121. The molecule has 0 saturated heterocycles. The van der Waals surface area contributed by atoms with E-state index in [9.17, 15) is 4.79 Å². The van der Waals surface area contributed by atoms with Gasteiger partial charge in [-0.15, -0.1) is 0 Å². The van der Waals surface area contributed by atoms with E-state index in [1.807, 2.05) is 0 Å². The van der Waals surface area contributed by atoms with Crippen LogP contribution in [0.1, 0.15) is 26.2 Å². The number of unbranched alkanes of at least 4 members (excludes halogenated alkanes) is 1. The van der Waals surface area contributed by atoms with Gasteiger partial charge in [0.2, 0.25) is 5.91 Å². The number of nitrogens with one attached hydrogen (secondary N) is 1. The summed E-state index contributed by atoms with van der Waals surface area (Å²) in [5, 5.41) is 2.82. The van der Waals surface area contributed by atoms with Gasteiger partial charge in [-0.1, -0.05) is 13.3 Å². The highest BCUT2D eigenvalue weighted by atomic mass is 16.5. The summed E-state index contributed by atoms with van der Waals surface area (Å²) in [5.74, 6) is 2.07. The predicted octanol–water partition coefficient (Wildman–Crippen LogP) is 2.39. The molecule has 0 saturated carbocycles. The molecule has 112 valence electrons. The maximum absolute atomic E-state index is 11.4. The van der Waals surface area contributed by atoms with Gasteiger partial charge in [0.25, 0.3) is 0 Å². The lowest BCUT2D eigenvalue weighted by atomic mass is 10.2. The zero-order chi connectivity index (χ0) is 14.8. The number of methoxy groups -OCH3 is 2. The van der Waals surface area contributed by atoms with E-state index in [0.29, 0.717) is 36.8 Å². The van der Waals surface area contributed by atoms with E-state index in [1.165, 1.54) is 0 Å². The topological polar surface area (TPSA) is 56.8 Å². The van der Waals surface area contributed by atoms with Gasteiger partial charge in [0.15, 0.2) is 0 Å². The smallest absolute Gasteiger partial charge is 0.220 e. The van der Waals surface area contributed by atoms with Crippen LogP contribution in [0.15, 0.2) is 18.2 Å². The summed E-state index contributed by atoms with van der Waals surface area (Å²) >= 11 is 0. The van der Waals surface area contributed by atoms with Crippen molar-refractivity contribution < 1.29 is 19.0 Å². The molecule has 5 heteroatoms. The van der Waals surface area contributed by atoms with Crippen LogP contribution in [0.4, 0.5) is 0 Å². The lowest BCUT2D eigenvalue weighted by Gasteiger charge is -2.10. The molecule has 1 aromatic carbocycles. The number of amides is 1. The van der Waals surface area contributed by atoms with Gasteiger partial charge >= 0.3 is 0 Å². The summed E-state index contributed by atoms with van der Waals surface area (Å²) in [4.78, 5) is 11.4. The molecule has 1 rings (SSSR count). The van der Waals surface area contributed by atoms with Gasteiger partial charge in [-0.25, -0.2) is 0 Å². The fourth-order valence-electron chi connectivity index (χ4n) is 1.65. The Bertz CT molecular complexity index is 398. The van der Waals surface area contributed by atoms with Crippen molar-refractivity contribution in [2.45, 2.75) is 26.2 Å². The van der Waals surface area contributed by atoms with Gasteiger partial charge in [-0.05, 0) is 6.42 Å². The van der Waals surface area contributed by atoms with Crippen LogP contribution >= 0.6 is 0 Å². The Kier molecular flexibility index (Phi) is 7.32. The minimum atomic E-state index is 0.0682. The minimum absolute atomic E-state index is 0.0682. The molecule has 5 nitrogen and oxygen atoms in total. The molecule has 0 aliphatic heterocycles. The van der Waals surface area contributed by atoms with Crippen molar-refractivity contribution in [1.82, 2.24) is 5.32 Å². The normalized spacial score (nSPS) is 9.95. The number of hydrogen-bond donors (Lipinski definition) is 1. The maximum Gasteiger partial charge on any atom is 0.220 e. The second-order valence-corrected chi connectivity index (χ2v) is 4.35. The molecule has 0 bridgehead atoms. The van der Waals surface area contributed by atoms with Crippen LogP contribution in [-0.2, 0) is 4.79 Å². The van der Waals surface area contributed by atoms with Gasteiger partial charge in [0.05, 0.1) is 20.8 Å². The average Bonchev–Trinajstić information content (AvgIpc) is 2.49. The summed E-state index contributed by atoms with van der Waals surface area (Å²) in [5.41, 5.74) is 0. The van der Waals surface area contributed by atoms with Crippen molar-refractivity contribution >= 4 is 5.91 Å². The summed E-state index contributed by atoms with van der Waals surface area (Å²) < 4.78 is 15.9. The first kappa shape index (κ1) is 16.1. The van der Waals surface area contributed by atoms with Crippen molar-refractivity contribution in [3.05, 3.63) is 18.2 Å². The SMILES string of the molecule is CCCCC(=O)NCCOc1cc(OC)cc(OC)c1. The van der Waals surface area contributed by atoms with Crippen LogP contribution in [0.3, 0.4) is 0 Å². The molecule has 0 aromatic heterocycles. The molecule has 0 fully saturated rings. The van der Waals surface area contributed by atoms with Crippen molar-refractivity contribution in [2.24, 2.45) is 0 Å². The van der Waals surface area contributed by atoms with Gasteiger partial charge < -0.3 is 19.5 Å². The van der Waals surface area contributed by atoms with Crippen LogP contribution in [-0.4, -0.2) is 33.3 Å². The predicted molar refractivity (Wildman–Crippen MR) is 77.6 cm³/mol. The summed E-state index contributed by atoms with van der Waals surface area (Å²) in [7, 11) is 3.18. The molecular weight excluding hydrogens is 258 g/mol. The van der Waals surface area contributed by atoms with E-state index in [2.05, 4.69) is 12.2 Å². The average molecular weight is 281 g/mol. The molecule has 0 aliphatic rings. The summed E-state index contributed by atoms with van der Waals surface area (Å²) in [6.45, 7) is 2.96. The highest BCUT2D eigenvalue weighted by molar-refractivity contribution is 5.75.